The van der Waals surface area contributed by atoms with Crippen LogP contribution in [0.5, 0.6) is 0 Å². The number of piperidine rings is 1. The molecule has 122 valence electrons. The first-order valence-electron chi connectivity index (χ1n) is 8.37. The lowest BCUT2D eigenvalue weighted by molar-refractivity contribution is -0.123. The van der Waals surface area contributed by atoms with Crippen LogP contribution < -0.4 is 11.1 Å². The maximum absolute atomic E-state index is 12.1. The first-order valence-corrected chi connectivity index (χ1v) is 8.37. The summed E-state index contributed by atoms with van der Waals surface area (Å²) in [6.45, 7) is 7.23. The molecule has 1 saturated heterocycles. The fourth-order valence-electron chi connectivity index (χ4n) is 3.00. The Morgan fingerprint density at radius 1 is 1.27 bits per heavy atom. The number of benzene rings is 1. The van der Waals surface area contributed by atoms with Crippen LogP contribution in [0.2, 0.25) is 0 Å². The number of nitrogens with zero attached hydrogens (tertiary/aromatic N) is 1. The zero-order valence-corrected chi connectivity index (χ0v) is 13.8. The molecule has 0 saturated carbocycles. The van der Waals surface area contributed by atoms with Crippen LogP contribution in [0.4, 0.5) is 0 Å². The van der Waals surface area contributed by atoms with Crippen LogP contribution in [0.3, 0.4) is 0 Å². The van der Waals surface area contributed by atoms with E-state index in [4.69, 9.17) is 5.73 Å². The van der Waals surface area contributed by atoms with E-state index in [9.17, 15) is 4.79 Å². The summed E-state index contributed by atoms with van der Waals surface area (Å²) in [6, 6.07) is 10.4. The zero-order chi connectivity index (χ0) is 15.9. The third-order valence-corrected chi connectivity index (χ3v) is 4.25. The molecule has 0 aromatic heterocycles. The number of likely N-dealkylation sites (tertiary alicyclic amines) is 1. The Labute approximate surface area is 134 Å². The Hall–Kier alpha value is -1.39. The minimum Gasteiger partial charge on any atom is -0.352 e. The number of hydrogen-bond donors (Lipinski definition) is 2. The van der Waals surface area contributed by atoms with E-state index in [1.54, 1.807) is 0 Å². The third-order valence-electron chi connectivity index (χ3n) is 4.25. The number of rotatable bonds is 6. The summed E-state index contributed by atoms with van der Waals surface area (Å²) < 4.78 is 0. The standard InChI is InChI=1S/C18H29N3O/c1-14(2)12-17(19)18(22)20-16-8-10-21(11-9-16)13-15-6-4-3-5-7-15/h3-7,14,16-17H,8-13,19H2,1-2H3,(H,20,22). The number of carbonyl (C=O) groups excluding carboxylic acids is 1. The van der Waals surface area contributed by atoms with Crippen LogP contribution in [-0.4, -0.2) is 36.0 Å². The van der Waals surface area contributed by atoms with Gasteiger partial charge in [0, 0.05) is 25.7 Å². The van der Waals surface area contributed by atoms with E-state index in [-0.39, 0.29) is 18.0 Å². The van der Waals surface area contributed by atoms with Gasteiger partial charge in [-0.1, -0.05) is 44.2 Å². The summed E-state index contributed by atoms with van der Waals surface area (Å²) >= 11 is 0. The molecule has 1 aromatic carbocycles. The van der Waals surface area contributed by atoms with Crippen molar-refractivity contribution in [3.05, 3.63) is 35.9 Å². The Morgan fingerprint density at radius 2 is 1.91 bits per heavy atom. The van der Waals surface area contributed by atoms with Crippen molar-refractivity contribution >= 4 is 5.91 Å². The van der Waals surface area contributed by atoms with Crippen molar-refractivity contribution in [1.82, 2.24) is 10.2 Å². The fraction of sp³-hybridized carbons (Fsp3) is 0.611. The number of amides is 1. The smallest absolute Gasteiger partial charge is 0.237 e. The highest BCUT2D eigenvalue weighted by Gasteiger charge is 2.23. The largest absolute Gasteiger partial charge is 0.352 e. The van der Waals surface area contributed by atoms with E-state index in [0.717, 1.165) is 38.9 Å². The van der Waals surface area contributed by atoms with Gasteiger partial charge in [-0.3, -0.25) is 9.69 Å². The summed E-state index contributed by atoms with van der Waals surface area (Å²) in [5, 5.41) is 3.12. The van der Waals surface area contributed by atoms with E-state index in [1.165, 1.54) is 5.56 Å². The average Bonchev–Trinajstić information content (AvgIpc) is 2.49. The summed E-state index contributed by atoms with van der Waals surface area (Å²) in [6.07, 6.45) is 2.76. The number of nitrogens with two attached hydrogens (primary N) is 1. The predicted octanol–water partition coefficient (Wildman–Crippen LogP) is 2.14. The summed E-state index contributed by atoms with van der Waals surface area (Å²) in [4.78, 5) is 14.5. The molecule has 0 spiro atoms. The first-order chi connectivity index (χ1) is 10.5. The molecule has 0 radical (unpaired) electrons. The van der Waals surface area contributed by atoms with E-state index in [1.807, 2.05) is 6.07 Å². The van der Waals surface area contributed by atoms with Gasteiger partial charge in [0.05, 0.1) is 6.04 Å². The van der Waals surface area contributed by atoms with Crippen LogP contribution in [0.25, 0.3) is 0 Å². The van der Waals surface area contributed by atoms with Gasteiger partial charge >= 0.3 is 0 Å². The van der Waals surface area contributed by atoms with Crippen LogP contribution in [-0.2, 0) is 11.3 Å². The SMILES string of the molecule is CC(C)CC(N)C(=O)NC1CCN(Cc2ccccc2)CC1. The molecule has 1 heterocycles. The maximum atomic E-state index is 12.1. The van der Waals surface area contributed by atoms with Gasteiger partial charge in [-0.15, -0.1) is 0 Å². The molecule has 1 aliphatic rings. The first kappa shape index (κ1) is 17.0. The predicted molar refractivity (Wildman–Crippen MR) is 90.3 cm³/mol. The van der Waals surface area contributed by atoms with Gasteiger partial charge in [-0.05, 0) is 30.7 Å². The van der Waals surface area contributed by atoms with E-state index in [2.05, 4.69) is 48.3 Å². The van der Waals surface area contributed by atoms with Gasteiger partial charge in [0.2, 0.25) is 5.91 Å². The van der Waals surface area contributed by atoms with Gasteiger partial charge in [-0.2, -0.15) is 0 Å². The molecule has 1 aromatic rings. The molecular formula is C18H29N3O. The van der Waals surface area contributed by atoms with Crippen molar-refractivity contribution in [3.8, 4) is 0 Å². The van der Waals surface area contributed by atoms with Gasteiger partial charge < -0.3 is 11.1 Å². The maximum Gasteiger partial charge on any atom is 0.237 e. The number of nitrogens with one attached hydrogen (secondary N) is 1. The second kappa shape index (κ2) is 8.30. The van der Waals surface area contributed by atoms with Gasteiger partial charge in [0.25, 0.3) is 0 Å². The Morgan fingerprint density at radius 3 is 2.50 bits per heavy atom. The van der Waals surface area contributed by atoms with Crippen molar-refractivity contribution in [3.63, 3.8) is 0 Å². The highest BCUT2D eigenvalue weighted by atomic mass is 16.2. The van der Waals surface area contributed by atoms with Crippen LogP contribution >= 0.6 is 0 Å². The average molecular weight is 303 g/mol. The molecule has 3 N–H and O–H groups in total. The molecule has 4 nitrogen and oxygen atoms in total. The Balaban J connectivity index is 1.72. The van der Waals surface area contributed by atoms with E-state index >= 15 is 0 Å². The highest BCUT2D eigenvalue weighted by Crippen LogP contribution is 2.14. The molecule has 1 fully saturated rings. The van der Waals surface area contributed by atoms with Gasteiger partial charge in [0.15, 0.2) is 0 Å². The van der Waals surface area contributed by atoms with Crippen molar-refractivity contribution in [2.45, 2.75) is 51.7 Å². The summed E-state index contributed by atoms with van der Waals surface area (Å²) in [7, 11) is 0. The zero-order valence-electron chi connectivity index (χ0n) is 13.8. The van der Waals surface area contributed by atoms with Crippen LogP contribution in [0.1, 0.15) is 38.7 Å². The quantitative estimate of drug-likeness (QED) is 0.846. The minimum atomic E-state index is -0.373. The fourth-order valence-corrected chi connectivity index (χ4v) is 3.00. The lowest BCUT2D eigenvalue weighted by Gasteiger charge is -2.33. The minimum absolute atomic E-state index is 0.00945. The molecular weight excluding hydrogens is 274 g/mol. The molecule has 1 amide bonds. The lowest BCUT2D eigenvalue weighted by Crippen LogP contribution is -2.49. The van der Waals surface area contributed by atoms with E-state index in [0.29, 0.717) is 5.92 Å². The molecule has 0 bridgehead atoms. The highest BCUT2D eigenvalue weighted by molar-refractivity contribution is 5.81. The monoisotopic (exact) mass is 303 g/mol. The third kappa shape index (κ3) is 5.43. The Bertz CT molecular complexity index is 453. The van der Waals surface area contributed by atoms with Gasteiger partial charge in [-0.25, -0.2) is 0 Å². The molecule has 22 heavy (non-hydrogen) atoms. The van der Waals surface area contributed by atoms with Crippen molar-refractivity contribution in [2.75, 3.05) is 13.1 Å². The summed E-state index contributed by atoms with van der Waals surface area (Å²) in [5.74, 6) is 0.462. The topological polar surface area (TPSA) is 58.4 Å². The van der Waals surface area contributed by atoms with Crippen LogP contribution in [0, 0.1) is 5.92 Å². The number of hydrogen-bond acceptors (Lipinski definition) is 3. The normalized spacial score (nSPS) is 18.4. The lowest BCUT2D eigenvalue weighted by atomic mass is 10.0. The molecule has 4 heteroatoms. The second-order valence-corrected chi connectivity index (χ2v) is 6.78. The van der Waals surface area contributed by atoms with Crippen molar-refractivity contribution in [1.29, 1.82) is 0 Å². The number of carbonyl (C=O) groups is 1. The second-order valence-electron chi connectivity index (χ2n) is 6.78. The van der Waals surface area contributed by atoms with Crippen molar-refractivity contribution < 1.29 is 4.79 Å². The van der Waals surface area contributed by atoms with Crippen molar-refractivity contribution in [2.24, 2.45) is 11.7 Å². The molecule has 1 aliphatic heterocycles. The van der Waals surface area contributed by atoms with E-state index < -0.39 is 0 Å². The molecule has 1 unspecified atom stereocenters. The Kier molecular flexibility index (Phi) is 6.40. The summed E-state index contributed by atoms with van der Waals surface area (Å²) in [5.41, 5.74) is 7.29. The van der Waals surface area contributed by atoms with Gasteiger partial charge in [0.1, 0.15) is 0 Å². The molecule has 0 aliphatic carbocycles. The van der Waals surface area contributed by atoms with Crippen LogP contribution in [0.15, 0.2) is 30.3 Å². The molecule has 1 atom stereocenters. The molecule has 2 rings (SSSR count).